The first-order valence-electron chi connectivity index (χ1n) is 12.2. The largest absolute Gasteiger partial charge is 0.461 e. The molecule has 0 radical (unpaired) electrons. The number of hydrogen-bond acceptors (Lipinski definition) is 2. The van der Waals surface area contributed by atoms with Gasteiger partial charge in [-0.15, -0.1) is 0 Å². The van der Waals surface area contributed by atoms with Gasteiger partial charge in [0.05, 0.1) is 5.54 Å². The van der Waals surface area contributed by atoms with Crippen molar-refractivity contribution in [1.82, 2.24) is 10.6 Å². The van der Waals surface area contributed by atoms with Gasteiger partial charge in [-0.25, -0.2) is 22.4 Å². The first kappa shape index (κ1) is 29.2. The van der Waals surface area contributed by atoms with E-state index in [0.717, 1.165) is 24.3 Å². The summed E-state index contributed by atoms with van der Waals surface area (Å²) in [6.07, 6.45) is -10.4. The van der Waals surface area contributed by atoms with Crippen molar-refractivity contribution in [3.8, 4) is 5.75 Å². The number of hydrogen-bond donors (Lipinski definition) is 2. The Morgan fingerprint density at radius 3 is 2.23 bits per heavy atom. The lowest BCUT2D eigenvalue weighted by atomic mass is 9.77. The Morgan fingerprint density at radius 1 is 0.950 bits per heavy atom. The molecule has 3 aromatic rings. The Morgan fingerprint density at radius 2 is 1.62 bits per heavy atom. The van der Waals surface area contributed by atoms with Gasteiger partial charge >= 0.3 is 18.6 Å². The molecule has 40 heavy (non-hydrogen) atoms. The Kier molecular flexibility index (Phi) is 8.27. The van der Waals surface area contributed by atoms with E-state index in [0.29, 0.717) is 11.6 Å². The zero-order valence-electron chi connectivity index (χ0n) is 20.8. The lowest BCUT2D eigenvalue weighted by Crippen LogP contribution is -2.54. The van der Waals surface area contributed by atoms with E-state index in [1.165, 1.54) is 12.1 Å². The summed E-state index contributed by atoms with van der Waals surface area (Å²) in [5.41, 5.74) is -1.35. The summed E-state index contributed by atoms with van der Waals surface area (Å²) in [4.78, 5) is 13.2. The lowest BCUT2D eigenvalue weighted by molar-refractivity contribution is -0.253. The van der Waals surface area contributed by atoms with Crippen LogP contribution in [0.15, 0.2) is 72.8 Å². The maximum atomic E-state index is 14.8. The molecule has 12 heteroatoms. The van der Waals surface area contributed by atoms with Crippen LogP contribution in [0.1, 0.15) is 36.0 Å². The number of carbonyl (C=O) groups is 1. The summed E-state index contributed by atoms with van der Waals surface area (Å²) in [6, 6.07) is 13.3. The van der Waals surface area contributed by atoms with Crippen LogP contribution in [0.25, 0.3) is 0 Å². The summed E-state index contributed by atoms with van der Waals surface area (Å²) in [6.45, 7) is 0. The van der Waals surface area contributed by atoms with Crippen molar-refractivity contribution < 1.29 is 44.7 Å². The van der Waals surface area contributed by atoms with Crippen LogP contribution >= 0.6 is 0 Å². The zero-order valence-corrected chi connectivity index (χ0v) is 20.8. The molecular formula is C28H24F8N2O2. The van der Waals surface area contributed by atoms with Gasteiger partial charge < -0.3 is 15.4 Å². The molecule has 0 spiro atoms. The van der Waals surface area contributed by atoms with Gasteiger partial charge in [0.15, 0.2) is 0 Å². The Bertz CT molecular complexity index is 1320. The highest BCUT2D eigenvalue weighted by Crippen LogP contribution is 2.38. The molecule has 3 aromatic carbocycles. The van der Waals surface area contributed by atoms with Crippen LogP contribution < -0.4 is 15.4 Å². The first-order chi connectivity index (χ1) is 18.8. The molecule has 0 aliphatic heterocycles. The molecular weight excluding hydrogens is 548 g/mol. The molecule has 1 saturated carbocycles. The van der Waals surface area contributed by atoms with Gasteiger partial charge in [-0.05, 0) is 47.4 Å². The van der Waals surface area contributed by atoms with Gasteiger partial charge in [0.25, 0.3) is 0 Å². The lowest BCUT2D eigenvalue weighted by Gasteiger charge is -2.37. The number of nitrogens with one attached hydrogen (secondary N) is 2. The molecule has 1 aliphatic rings. The Balaban J connectivity index is 1.84. The van der Waals surface area contributed by atoms with Gasteiger partial charge in [-0.3, -0.25) is 0 Å². The highest BCUT2D eigenvalue weighted by atomic mass is 19.3. The second kappa shape index (κ2) is 11.3. The molecule has 1 aliphatic carbocycles. The Labute approximate surface area is 224 Å². The van der Waals surface area contributed by atoms with Crippen LogP contribution in [-0.2, 0) is 12.0 Å². The van der Waals surface area contributed by atoms with Gasteiger partial charge in [0, 0.05) is 31.4 Å². The van der Waals surface area contributed by atoms with Crippen molar-refractivity contribution in [2.45, 2.75) is 55.7 Å². The van der Waals surface area contributed by atoms with E-state index in [-0.39, 0.29) is 24.0 Å². The number of ether oxygens (including phenoxy) is 1. The Hall–Kier alpha value is -3.83. The maximum Gasteiger partial charge on any atom is 0.461 e. The number of halogens is 8. The minimum absolute atomic E-state index is 0.0106. The number of amides is 2. The number of alkyl halides is 6. The van der Waals surface area contributed by atoms with Crippen LogP contribution in [0.3, 0.4) is 0 Å². The summed E-state index contributed by atoms with van der Waals surface area (Å²) in [5, 5.41) is 5.11. The molecule has 2 N–H and O–H groups in total. The molecule has 2 atom stereocenters. The van der Waals surface area contributed by atoms with Crippen molar-refractivity contribution in [2.75, 3.05) is 0 Å². The molecule has 0 bridgehead atoms. The number of urea groups is 1. The minimum Gasteiger partial charge on any atom is -0.428 e. The van der Waals surface area contributed by atoms with E-state index in [9.17, 15) is 39.9 Å². The number of rotatable bonds is 9. The average Bonchev–Trinajstić information content (AvgIpc) is 3.21. The normalized spacial score (nSPS) is 18.3. The summed E-state index contributed by atoms with van der Waals surface area (Å²) < 4.78 is 113. The third-order valence-corrected chi connectivity index (χ3v) is 6.59. The fourth-order valence-electron chi connectivity index (χ4n) is 4.75. The monoisotopic (exact) mass is 572 g/mol. The van der Waals surface area contributed by atoms with E-state index in [1.54, 1.807) is 30.3 Å². The second-order valence-electron chi connectivity index (χ2n) is 9.61. The minimum atomic E-state index is -4.96. The van der Waals surface area contributed by atoms with Crippen LogP contribution in [0.2, 0.25) is 0 Å². The fraction of sp³-hybridized carbons (Fsp3) is 0.321. The van der Waals surface area contributed by atoms with Crippen molar-refractivity contribution in [3.05, 3.63) is 101 Å². The topological polar surface area (TPSA) is 50.4 Å². The van der Waals surface area contributed by atoms with E-state index in [4.69, 9.17) is 0 Å². The van der Waals surface area contributed by atoms with Gasteiger partial charge in [0.1, 0.15) is 17.4 Å². The molecule has 0 unspecified atom stereocenters. The molecule has 1 fully saturated rings. The highest BCUT2D eigenvalue weighted by molar-refractivity contribution is 5.76. The van der Waals surface area contributed by atoms with Crippen LogP contribution in [0.4, 0.5) is 39.9 Å². The predicted octanol–water partition coefficient (Wildman–Crippen LogP) is 7.17. The summed E-state index contributed by atoms with van der Waals surface area (Å²) >= 11 is 0. The maximum absolute atomic E-state index is 14.8. The summed E-state index contributed by atoms with van der Waals surface area (Å²) in [5.74, 6) is -5.75. The SMILES string of the molecule is O=C(N[C@@H]1CCC(F)(F)C1)N[C@](Cc1ccccc1)(c1ccc(F)cc1)c1cc(F)cc(OC(F)(F)C(F)F)c1. The van der Waals surface area contributed by atoms with Crippen molar-refractivity contribution in [2.24, 2.45) is 0 Å². The van der Waals surface area contributed by atoms with Gasteiger partial charge in [-0.2, -0.15) is 17.6 Å². The standard InChI is InChI=1S/C28H24F8N2O2/c29-20-8-6-18(7-9-20)27(15-17-4-2-1-3-5-17,38-25(39)37-22-10-11-26(33,34)16-22)19-12-21(30)14-23(13-19)40-28(35,36)24(31)32/h1-9,12-14,22,24H,10-11,15-16H2,(H2,37,38,39)/t22-,27-/m1/s1. The first-order valence-corrected chi connectivity index (χ1v) is 12.2. The van der Waals surface area contributed by atoms with E-state index >= 15 is 0 Å². The fourth-order valence-corrected chi connectivity index (χ4v) is 4.75. The third-order valence-electron chi connectivity index (χ3n) is 6.59. The van der Waals surface area contributed by atoms with Crippen molar-refractivity contribution >= 4 is 6.03 Å². The van der Waals surface area contributed by atoms with E-state index in [2.05, 4.69) is 15.4 Å². The van der Waals surface area contributed by atoms with E-state index in [1.807, 2.05) is 0 Å². The third kappa shape index (κ3) is 6.83. The van der Waals surface area contributed by atoms with Crippen LogP contribution in [0.5, 0.6) is 5.75 Å². The van der Waals surface area contributed by atoms with Crippen molar-refractivity contribution in [1.29, 1.82) is 0 Å². The smallest absolute Gasteiger partial charge is 0.428 e. The van der Waals surface area contributed by atoms with E-state index < -0.39 is 66.3 Å². The summed E-state index contributed by atoms with van der Waals surface area (Å²) in [7, 11) is 0. The molecule has 4 rings (SSSR count). The predicted molar refractivity (Wildman–Crippen MR) is 130 cm³/mol. The average molecular weight is 572 g/mol. The number of carbonyl (C=O) groups excluding carboxylic acids is 1. The van der Waals surface area contributed by atoms with Crippen LogP contribution in [0, 0.1) is 11.6 Å². The van der Waals surface area contributed by atoms with Crippen molar-refractivity contribution in [3.63, 3.8) is 0 Å². The zero-order chi connectivity index (χ0) is 29.1. The quantitative estimate of drug-likeness (QED) is 0.267. The molecule has 214 valence electrons. The molecule has 0 saturated heterocycles. The molecule has 0 heterocycles. The van der Waals surface area contributed by atoms with Crippen LogP contribution in [-0.4, -0.2) is 30.5 Å². The highest BCUT2D eigenvalue weighted by Gasteiger charge is 2.45. The number of benzene rings is 3. The molecule has 0 aromatic heterocycles. The molecule has 4 nitrogen and oxygen atoms in total. The molecule has 2 amide bonds. The second-order valence-corrected chi connectivity index (χ2v) is 9.61. The van der Waals surface area contributed by atoms with Gasteiger partial charge in [-0.1, -0.05) is 42.5 Å². The van der Waals surface area contributed by atoms with Gasteiger partial charge in [0.2, 0.25) is 5.92 Å².